The summed E-state index contributed by atoms with van der Waals surface area (Å²) in [6.07, 6.45) is 2.41. The summed E-state index contributed by atoms with van der Waals surface area (Å²) in [5.41, 5.74) is 7.01. The molecule has 1 amide bonds. The lowest BCUT2D eigenvalue weighted by Gasteiger charge is -2.16. The molecule has 0 aliphatic carbocycles. The van der Waals surface area contributed by atoms with Crippen molar-refractivity contribution in [2.45, 2.75) is 19.0 Å². The summed E-state index contributed by atoms with van der Waals surface area (Å²) >= 11 is 6.14. The predicted octanol–water partition coefficient (Wildman–Crippen LogP) is 2.14. The van der Waals surface area contributed by atoms with Crippen LogP contribution in [0.3, 0.4) is 0 Å². The third-order valence-electron chi connectivity index (χ3n) is 4.04. The van der Waals surface area contributed by atoms with Crippen LogP contribution in [0, 0.1) is 0 Å². The maximum absolute atomic E-state index is 12.5. The Hall–Kier alpha value is -1.82. The van der Waals surface area contributed by atoms with Gasteiger partial charge in [-0.1, -0.05) is 29.8 Å². The van der Waals surface area contributed by atoms with Crippen molar-refractivity contribution in [3.8, 4) is 0 Å². The molecule has 2 heterocycles. The molecule has 3 rings (SSSR count). The van der Waals surface area contributed by atoms with E-state index in [4.69, 9.17) is 17.3 Å². The van der Waals surface area contributed by atoms with Gasteiger partial charge in [-0.2, -0.15) is 0 Å². The highest BCUT2D eigenvalue weighted by Gasteiger charge is 2.24. The molecule has 0 spiro atoms. The molecular formula is C17H19Cl2N3O2. The number of rotatable bonds is 3. The summed E-state index contributed by atoms with van der Waals surface area (Å²) in [6.45, 7) is 1.55. The second kappa shape index (κ2) is 7.83. The molecule has 1 atom stereocenters. The SMILES string of the molecule is Cl.N[C@@H]1CCN(C(=O)c2ccc(=O)n(Cc3ccccc3Cl)c2)C1. The van der Waals surface area contributed by atoms with Crippen molar-refractivity contribution in [2.24, 2.45) is 5.73 Å². The number of nitrogens with two attached hydrogens (primary N) is 1. The predicted molar refractivity (Wildman–Crippen MR) is 97.0 cm³/mol. The molecule has 128 valence electrons. The Morgan fingerprint density at radius 1 is 1.25 bits per heavy atom. The van der Waals surface area contributed by atoms with E-state index in [0.717, 1.165) is 12.0 Å². The first-order valence-electron chi connectivity index (χ1n) is 7.53. The van der Waals surface area contributed by atoms with Gasteiger partial charge in [-0.25, -0.2) is 0 Å². The first kappa shape index (κ1) is 18.5. The maximum atomic E-state index is 12.5. The molecule has 1 fully saturated rings. The summed E-state index contributed by atoms with van der Waals surface area (Å²) in [6, 6.07) is 10.4. The van der Waals surface area contributed by atoms with Gasteiger partial charge in [-0.05, 0) is 24.1 Å². The zero-order valence-electron chi connectivity index (χ0n) is 13.0. The molecule has 2 aromatic rings. The number of amides is 1. The van der Waals surface area contributed by atoms with E-state index in [1.165, 1.54) is 10.6 Å². The van der Waals surface area contributed by atoms with Crippen molar-refractivity contribution in [2.75, 3.05) is 13.1 Å². The van der Waals surface area contributed by atoms with Crippen molar-refractivity contribution in [3.05, 3.63) is 69.1 Å². The third kappa shape index (κ3) is 3.98. The number of halogens is 2. The molecule has 1 aromatic heterocycles. The largest absolute Gasteiger partial charge is 0.337 e. The van der Waals surface area contributed by atoms with Crippen LogP contribution >= 0.6 is 24.0 Å². The summed E-state index contributed by atoms with van der Waals surface area (Å²) in [5.74, 6) is -0.0918. The van der Waals surface area contributed by atoms with Crippen LogP contribution < -0.4 is 11.3 Å². The van der Waals surface area contributed by atoms with Gasteiger partial charge in [0.15, 0.2) is 0 Å². The van der Waals surface area contributed by atoms with Gasteiger partial charge >= 0.3 is 0 Å². The molecule has 2 N–H and O–H groups in total. The fourth-order valence-corrected chi connectivity index (χ4v) is 2.94. The molecule has 1 aliphatic rings. The van der Waals surface area contributed by atoms with Crippen LogP contribution in [0.25, 0.3) is 0 Å². The molecular weight excluding hydrogens is 349 g/mol. The molecule has 1 aromatic carbocycles. The Morgan fingerprint density at radius 3 is 2.67 bits per heavy atom. The second-order valence-electron chi connectivity index (χ2n) is 5.78. The van der Waals surface area contributed by atoms with E-state index in [-0.39, 0.29) is 29.9 Å². The maximum Gasteiger partial charge on any atom is 0.255 e. The summed E-state index contributed by atoms with van der Waals surface area (Å²) < 4.78 is 1.50. The molecule has 1 saturated heterocycles. The van der Waals surface area contributed by atoms with E-state index < -0.39 is 0 Å². The van der Waals surface area contributed by atoms with Gasteiger partial charge in [0.25, 0.3) is 11.5 Å². The zero-order chi connectivity index (χ0) is 16.4. The molecule has 0 saturated carbocycles. The zero-order valence-corrected chi connectivity index (χ0v) is 14.6. The van der Waals surface area contributed by atoms with Crippen molar-refractivity contribution in [1.82, 2.24) is 9.47 Å². The topological polar surface area (TPSA) is 68.3 Å². The number of hydrogen-bond donors (Lipinski definition) is 1. The van der Waals surface area contributed by atoms with Gasteiger partial charge in [0.2, 0.25) is 0 Å². The lowest BCUT2D eigenvalue weighted by atomic mass is 10.2. The van der Waals surface area contributed by atoms with E-state index in [1.54, 1.807) is 23.2 Å². The molecule has 7 heteroatoms. The Bertz CT molecular complexity index is 791. The van der Waals surface area contributed by atoms with Crippen LogP contribution in [-0.2, 0) is 6.54 Å². The van der Waals surface area contributed by atoms with Crippen LogP contribution in [0.1, 0.15) is 22.3 Å². The monoisotopic (exact) mass is 367 g/mol. The van der Waals surface area contributed by atoms with Crippen LogP contribution in [0.15, 0.2) is 47.4 Å². The minimum absolute atomic E-state index is 0. The molecule has 0 unspecified atom stereocenters. The number of benzene rings is 1. The second-order valence-corrected chi connectivity index (χ2v) is 6.18. The van der Waals surface area contributed by atoms with Crippen LogP contribution in [0.5, 0.6) is 0 Å². The Kier molecular flexibility index (Phi) is 6.04. The van der Waals surface area contributed by atoms with Crippen LogP contribution in [-0.4, -0.2) is 34.5 Å². The minimum atomic E-state index is -0.167. The standard InChI is InChI=1S/C17H18ClN3O2.ClH/c18-15-4-2-1-3-12(15)9-21-10-13(5-6-16(21)22)17(23)20-8-7-14(19)11-20;/h1-6,10,14H,7-9,11,19H2;1H/t14-;/m1./s1. The quantitative estimate of drug-likeness (QED) is 0.903. The minimum Gasteiger partial charge on any atom is -0.337 e. The Morgan fingerprint density at radius 2 is 2.00 bits per heavy atom. The van der Waals surface area contributed by atoms with Gasteiger partial charge in [0.1, 0.15) is 0 Å². The molecule has 0 bridgehead atoms. The molecule has 0 radical (unpaired) electrons. The fraction of sp³-hybridized carbons (Fsp3) is 0.294. The van der Waals surface area contributed by atoms with Gasteiger partial charge in [0, 0.05) is 36.4 Å². The smallest absolute Gasteiger partial charge is 0.255 e. The summed E-state index contributed by atoms with van der Waals surface area (Å²) in [7, 11) is 0. The molecule has 24 heavy (non-hydrogen) atoms. The lowest BCUT2D eigenvalue weighted by molar-refractivity contribution is 0.0790. The van der Waals surface area contributed by atoms with E-state index >= 15 is 0 Å². The molecule has 5 nitrogen and oxygen atoms in total. The number of hydrogen-bond acceptors (Lipinski definition) is 3. The summed E-state index contributed by atoms with van der Waals surface area (Å²) in [4.78, 5) is 26.3. The highest BCUT2D eigenvalue weighted by molar-refractivity contribution is 6.31. The number of likely N-dealkylation sites (tertiary alicyclic amines) is 1. The average Bonchev–Trinajstić information content (AvgIpc) is 2.97. The number of carbonyl (C=O) groups excluding carboxylic acids is 1. The first-order chi connectivity index (χ1) is 11.0. The van der Waals surface area contributed by atoms with E-state index in [1.807, 2.05) is 18.2 Å². The number of carbonyl (C=O) groups is 1. The lowest BCUT2D eigenvalue weighted by Crippen LogP contribution is -2.33. The van der Waals surface area contributed by atoms with E-state index in [0.29, 0.717) is 30.2 Å². The number of pyridine rings is 1. The number of nitrogens with zero attached hydrogens (tertiary/aromatic N) is 2. The van der Waals surface area contributed by atoms with Gasteiger partial charge in [0.05, 0.1) is 12.1 Å². The Labute approximate surface area is 151 Å². The first-order valence-corrected chi connectivity index (χ1v) is 7.91. The van der Waals surface area contributed by atoms with E-state index in [2.05, 4.69) is 0 Å². The number of aromatic nitrogens is 1. The van der Waals surface area contributed by atoms with Crippen molar-refractivity contribution < 1.29 is 4.79 Å². The average molecular weight is 368 g/mol. The molecule has 1 aliphatic heterocycles. The van der Waals surface area contributed by atoms with Crippen molar-refractivity contribution in [1.29, 1.82) is 0 Å². The van der Waals surface area contributed by atoms with Gasteiger partial charge in [-0.15, -0.1) is 12.4 Å². The van der Waals surface area contributed by atoms with Gasteiger partial charge in [-0.3, -0.25) is 9.59 Å². The van der Waals surface area contributed by atoms with Gasteiger partial charge < -0.3 is 15.2 Å². The summed E-state index contributed by atoms with van der Waals surface area (Å²) in [5, 5.41) is 0.599. The third-order valence-corrected chi connectivity index (χ3v) is 4.41. The van der Waals surface area contributed by atoms with Crippen molar-refractivity contribution >= 4 is 29.9 Å². The highest BCUT2D eigenvalue weighted by Crippen LogP contribution is 2.16. The normalized spacial score (nSPS) is 16.8. The van der Waals surface area contributed by atoms with Crippen LogP contribution in [0.4, 0.5) is 0 Å². The Balaban J connectivity index is 0.00000208. The highest BCUT2D eigenvalue weighted by atomic mass is 35.5. The van der Waals surface area contributed by atoms with Crippen molar-refractivity contribution in [3.63, 3.8) is 0 Å². The van der Waals surface area contributed by atoms with E-state index in [9.17, 15) is 9.59 Å². The van der Waals surface area contributed by atoms with Crippen LogP contribution in [0.2, 0.25) is 5.02 Å². The fourth-order valence-electron chi connectivity index (χ4n) is 2.75.